The Bertz CT molecular complexity index is 337. The molecule has 1 aromatic heterocycles. The van der Waals surface area contributed by atoms with Crippen LogP contribution in [0, 0.1) is 24.7 Å². The number of aromatic nitrogens is 1. The SMILES string of the molecule is Cc1cnc(N2CC3C(CN)C3C2)o1. The average molecular weight is 193 g/mol. The minimum absolute atomic E-state index is 0.766. The first-order valence-corrected chi connectivity index (χ1v) is 5.17. The van der Waals surface area contributed by atoms with E-state index >= 15 is 0 Å². The van der Waals surface area contributed by atoms with Crippen LogP contribution in [0.25, 0.3) is 0 Å². The molecule has 0 amide bonds. The minimum Gasteiger partial charge on any atom is -0.429 e. The van der Waals surface area contributed by atoms with E-state index in [1.54, 1.807) is 6.20 Å². The molecule has 1 aliphatic carbocycles. The number of aryl methyl sites for hydroxylation is 1. The molecule has 2 atom stereocenters. The van der Waals surface area contributed by atoms with Gasteiger partial charge in [0.05, 0.1) is 6.20 Å². The smallest absolute Gasteiger partial charge is 0.297 e. The van der Waals surface area contributed by atoms with Gasteiger partial charge in [0, 0.05) is 13.1 Å². The third kappa shape index (κ3) is 1.07. The van der Waals surface area contributed by atoms with Gasteiger partial charge in [-0.1, -0.05) is 0 Å². The molecule has 14 heavy (non-hydrogen) atoms. The van der Waals surface area contributed by atoms with E-state index in [0.717, 1.165) is 49.2 Å². The van der Waals surface area contributed by atoms with Crippen LogP contribution in [0.15, 0.2) is 10.6 Å². The second-order valence-electron chi connectivity index (χ2n) is 4.39. The molecule has 4 nitrogen and oxygen atoms in total. The molecule has 4 heteroatoms. The van der Waals surface area contributed by atoms with Gasteiger partial charge in [-0.15, -0.1) is 0 Å². The molecule has 0 bridgehead atoms. The zero-order valence-corrected chi connectivity index (χ0v) is 8.31. The molecule has 0 spiro atoms. The fraction of sp³-hybridized carbons (Fsp3) is 0.700. The molecule has 1 aliphatic heterocycles. The van der Waals surface area contributed by atoms with Crippen LogP contribution >= 0.6 is 0 Å². The molecule has 2 fully saturated rings. The van der Waals surface area contributed by atoms with E-state index in [9.17, 15) is 0 Å². The summed E-state index contributed by atoms with van der Waals surface area (Å²) in [5.74, 6) is 3.25. The summed E-state index contributed by atoms with van der Waals surface area (Å²) in [6.45, 7) is 4.92. The van der Waals surface area contributed by atoms with Crippen molar-refractivity contribution in [1.29, 1.82) is 0 Å². The van der Waals surface area contributed by atoms with Crippen molar-refractivity contribution in [2.45, 2.75) is 6.92 Å². The predicted molar refractivity (Wildman–Crippen MR) is 53.0 cm³/mol. The highest BCUT2D eigenvalue weighted by atomic mass is 16.4. The van der Waals surface area contributed by atoms with Crippen molar-refractivity contribution in [2.24, 2.45) is 23.5 Å². The number of nitrogens with zero attached hydrogens (tertiary/aromatic N) is 2. The zero-order valence-electron chi connectivity index (χ0n) is 8.31. The van der Waals surface area contributed by atoms with Gasteiger partial charge in [-0.2, -0.15) is 0 Å². The molecule has 0 aromatic carbocycles. The van der Waals surface area contributed by atoms with Crippen molar-refractivity contribution < 1.29 is 4.42 Å². The normalized spacial score (nSPS) is 34.7. The van der Waals surface area contributed by atoms with Gasteiger partial charge in [-0.3, -0.25) is 0 Å². The largest absolute Gasteiger partial charge is 0.429 e. The van der Waals surface area contributed by atoms with Gasteiger partial charge in [0.15, 0.2) is 0 Å². The van der Waals surface area contributed by atoms with Crippen LogP contribution < -0.4 is 10.6 Å². The number of nitrogens with two attached hydrogens (primary N) is 1. The number of fused-ring (bicyclic) bond motifs is 1. The summed E-state index contributed by atoms with van der Waals surface area (Å²) in [5, 5.41) is 0. The van der Waals surface area contributed by atoms with E-state index in [0.29, 0.717) is 0 Å². The first kappa shape index (κ1) is 8.29. The number of hydrogen-bond acceptors (Lipinski definition) is 4. The number of piperidine rings is 1. The Morgan fingerprint density at radius 1 is 1.57 bits per heavy atom. The first-order chi connectivity index (χ1) is 6.79. The summed E-state index contributed by atoms with van der Waals surface area (Å²) >= 11 is 0. The van der Waals surface area contributed by atoms with Crippen molar-refractivity contribution in [2.75, 3.05) is 24.5 Å². The number of oxazole rings is 1. The highest BCUT2D eigenvalue weighted by Crippen LogP contribution is 2.51. The molecule has 2 heterocycles. The average Bonchev–Trinajstić information content (AvgIpc) is 2.56. The summed E-state index contributed by atoms with van der Waals surface area (Å²) in [6.07, 6.45) is 1.78. The molecule has 2 N–H and O–H groups in total. The number of anilines is 1. The summed E-state index contributed by atoms with van der Waals surface area (Å²) in [7, 11) is 0. The summed E-state index contributed by atoms with van der Waals surface area (Å²) < 4.78 is 5.49. The minimum atomic E-state index is 0.766. The lowest BCUT2D eigenvalue weighted by Crippen LogP contribution is -2.25. The Labute approximate surface area is 83.1 Å². The molecule has 0 radical (unpaired) electrons. The number of hydrogen-bond donors (Lipinski definition) is 1. The maximum Gasteiger partial charge on any atom is 0.297 e. The molecule has 1 saturated carbocycles. The van der Waals surface area contributed by atoms with Gasteiger partial charge in [0.25, 0.3) is 6.01 Å². The van der Waals surface area contributed by atoms with Gasteiger partial charge in [-0.05, 0) is 31.2 Å². The fourth-order valence-corrected chi connectivity index (χ4v) is 2.64. The zero-order chi connectivity index (χ0) is 9.71. The van der Waals surface area contributed by atoms with Crippen LogP contribution in [0.1, 0.15) is 5.76 Å². The standard InChI is InChI=1S/C10H15N3O/c1-6-3-12-10(14-6)13-4-8-7(2-11)9(8)5-13/h3,7-9H,2,4-5,11H2,1H3. The Morgan fingerprint density at radius 2 is 2.29 bits per heavy atom. The summed E-state index contributed by atoms with van der Waals surface area (Å²) in [5.41, 5.74) is 5.65. The lowest BCUT2D eigenvalue weighted by Gasteiger charge is -2.16. The van der Waals surface area contributed by atoms with Crippen LogP contribution in [-0.4, -0.2) is 24.6 Å². The quantitative estimate of drug-likeness (QED) is 0.748. The Morgan fingerprint density at radius 3 is 2.79 bits per heavy atom. The summed E-state index contributed by atoms with van der Waals surface area (Å²) in [6, 6.07) is 0.783. The second-order valence-corrected chi connectivity index (χ2v) is 4.39. The van der Waals surface area contributed by atoms with Gasteiger partial charge < -0.3 is 15.1 Å². The predicted octanol–water partition coefficient (Wildman–Crippen LogP) is 0.624. The van der Waals surface area contributed by atoms with Crippen LogP contribution in [0.4, 0.5) is 6.01 Å². The lowest BCUT2D eigenvalue weighted by atomic mass is 10.3. The maximum absolute atomic E-state index is 5.65. The number of rotatable bonds is 2. The summed E-state index contributed by atoms with van der Waals surface area (Å²) in [4.78, 5) is 6.46. The van der Waals surface area contributed by atoms with Gasteiger partial charge >= 0.3 is 0 Å². The van der Waals surface area contributed by atoms with Crippen molar-refractivity contribution in [3.8, 4) is 0 Å². The van der Waals surface area contributed by atoms with Crippen LogP contribution in [-0.2, 0) is 0 Å². The third-order valence-electron chi connectivity index (χ3n) is 3.52. The topological polar surface area (TPSA) is 55.3 Å². The van der Waals surface area contributed by atoms with Crippen molar-refractivity contribution in [3.05, 3.63) is 12.0 Å². The molecule has 1 aromatic rings. The molecule has 2 aliphatic rings. The monoisotopic (exact) mass is 193 g/mol. The van der Waals surface area contributed by atoms with E-state index < -0.39 is 0 Å². The first-order valence-electron chi connectivity index (χ1n) is 5.17. The molecular weight excluding hydrogens is 178 g/mol. The molecule has 76 valence electrons. The Balaban J connectivity index is 1.69. The fourth-order valence-electron chi connectivity index (χ4n) is 2.64. The van der Waals surface area contributed by atoms with E-state index in [2.05, 4.69) is 9.88 Å². The van der Waals surface area contributed by atoms with Crippen molar-refractivity contribution >= 4 is 6.01 Å². The van der Waals surface area contributed by atoms with E-state index in [1.807, 2.05) is 6.92 Å². The highest BCUT2D eigenvalue weighted by molar-refractivity contribution is 5.33. The molecular formula is C10H15N3O. The molecule has 2 unspecified atom stereocenters. The molecule has 3 rings (SSSR count). The second kappa shape index (κ2) is 2.73. The van der Waals surface area contributed by atoms with E-state index in [-0.39, 0.29) is 0 Å². The van der Waals surface area contributed by atoms with Crippen molar-refractivity contribution in [1.82, 2.24) is 4.98 Å². The Hall–Kier alpha value is -1.03. The highest BCUT2D eigenvalue weighted by Gasteiger charge is 2.55. The van der Waals surface area contributed by atoms with E-state index in [4.69, 9.17) is 10.2 Å². The van der Waals surface area contributed by atoms with Gasteiger partial charge in [0.2, 0.25) is 0 Å². The van der Waals surface area contributed by atoms with Crippen LogP contribution in [0.5, 0.6) is 0 Å². The van der Waals surface area contributed by atoms with Crippen LogP contribution in [0.3, 0.4) is 0 Å². The van der Waals surface area contributed by atoms with Crippen molar-refractivity contribution in [3.63, 3.8) is 0 Å². The third-order valence-corrected chi connectivity index (χ3v) is 3.52. The van der Waals surface area contributed by atoms with E-state index in [1.165, 1.54) is 0 Å². The Kier molecular flexibility index (Phi) is 1.62. The van der Waals surface area contributed by atoms with Gasteiger partial charge in [-0.25, -0.2) is 4.98 Å². The van der Waals surface area contributed by atoms with Crippen LogP contribution in [0.2, 0.25) is 0 Å². The maximum atomic E-state index is 5.65. The molecule has 1 saturated heterocycles. The van der Waals surface area contributed by atoms with Gasteiger partial charge in [0.1, 0.15) is 5.76 Å². The lowest BCUT2D eigenvalue weighted by molar-refractivity contribution is 0.504.